The number of benzene rings is 2. The second kappa shape index (κ2) is 8.47. The lowest BCUT2D eigenvalue weighted by Gasteiger charge is -2.36. The predicted octanol–water partition coefficient (Wildman–Crippen LogP) is 4.01. The van der Waals surface area contributed by atoms with E-state index in [1.165, 1.54) is 0 Å². The summed E-state index contributed by atoms with van der Waals surface area (Å²) in [6.07, 6.45) is 0. The maximum atomic E-state index is 13.0. The minimum atomic E-state index is -0.111. The molecule has 1 amide bonds. The number of furan rings is 1. The first kappa shape index (κ1) is 20.3. The number of aromatic nitrogens is 2. The fourth-order valence-electron chi connectivity index (χ4n) is 4.04. The molecule has 32 heavy (non-hydrogen) atoms. The minimum absolute atomic E-state index is 0.0346. The Balaban J connectivity index is 1.24. The standard InChI is InChI=1S/C24H24N4O4/c1-16(23-25-22(26-32-23)17-7-4-3-5-8-17)27-11-13-28(14-12-27)24(29)20-15-18-9-6-10-19(30-2)21(18)31-20/h3-10,15-16H,11-14H2,1-2H3. The summed E-state index contributed by atoms with van der Waals surface area (Å²) in [5.74, 6) is 2.00. The summed E-state index contributed by atoms with van der Waals surface area (Å²) in [5, 5.41) is 4.97. The zero-order chi connectivity index (χ0) is 22.1. The lowest BCUT2D eigenvalue weighted by molar-refractivity contribution is 0.0526. The third kappa shape index (κ3) is 3.73. The van der Waals surface area contributed by atoms with Gasteiger partial charge in [0, 0.05) is 37.1 Å². The first-order chi connectivity index (χ1) is 15.6. The second-order valence-corrected chi connectivity index (χ2v) is 7.82. The van der Waals surface area contributed by atoms with E-state index in [4.69, 9.17) is 13.7 Å². The molecule has 0 N–H and O–H groups in total. The van der Waals surface area contributed by atoms with E-state index in [9.17, 15) is 4.79 Å². The molecular formula is C24H24N4O4. The first-order valence-corrected chi connectivity index (χ1v) is 10.6. The molecule has 0 spiro atoms. The molecule has 8 heteroatoms. The number of carbonyl (C=O) groups excluding carboxylic acids is 1. The van der Waals surface area contributed by atoms with Crippen LogP contribution in [-0.2, 0) is 0 Å². The summed E-state index contributed by atoms with van der Waals surface area (Å²) in [4.78, 5) is 21.6. The van der Waals surface area contributed by atoms with Crippen LogP contribution < -0.4 is 4.74 Å². The van der Waals surface area contributed by atoms with Crippen LogP contribution in [0, 0.1) is 0 Å². The number of fused-ring (bicyclic) bond motifs is 1. The SMILES string of the molecule is COc1cccc2cc(C(=O)N3CCN(C(C)c4nc(-c5ccccc5)no4)CC3)oc12. The summed E-state index contributed by atoms with van der Waals surface area (Å²) >= 11 is 0. The highest BCUT2D eigenvalue weighted by molar-refractivity contribution is 5.97. The number of para-hydroxylation sites is 1. The largest absolute Gasteiger partial charge is 0.493 e. The van der Waals surface area contributed by atoms with Gasteiger partial charge in [-0.25, -0.2) is 0 Å². The number of rotatable bonds is 5. The molecule has 0 saturated carbocycles. The molecule has 0 radical (unpaired) electrons. The number of hydrogen-bond acceptors (Lipinski definition) is 7. The van der Waals surface area contributed by atoms with Gasteiger partial charge in [-0.2, -0.15) is 4.98 Å². The van der Waals surface area contributed by atoms with Gasteiger partial charge in [-0.3, -0.25) is 9.69 Å². The van der Waals surface area contributed by atoms with Gasteiger partial charge in [-0.05, 0) is 19.1 Å². The van der Waals surface area contributed by atoms with Gasteiger partial charge >= 0.3 is 0 Å². The summed E-state index contributed by atoms with van der Waals surface area (Å²) in [5.41, 5.74) is 1.52. The van der Waals surface area contributed by atoms with Crippen molar-refractivity contribution in [3.05, 3.63) is 66.2 Å². The summed E-state index contributed by atoms with van der Waals surface area (Å²) in [6, 6.07) is 17.1. The van der Waals surface area contributed by atoms with Crippen LogP contribution in [0.2, 0.25) is 0 Å². The van der Waals surface area contributed by atoms with Gasteiger partial charge in [0.15, 0.2) is 17.1 Å². The number of methoxy groups -OCH3 is 1. The topological polar surface area (TPSA) is 84.8 Å². The Morgan fingerprint density at radius 3 is 2.59 bits per heavy atom. The Morgan fingerprint density at radius 2 is 1.84 bits per heavy atom. The van der Waals surface area contributed by atoms with Crippen molar-refractivity contribution in [3.63, 3.8) is 0 Å². The Morgan fingerprint density at radius 1 is 1.06 bits per heavy atom. The van der Waals surface area contributed by atoms with Crippen molar-refractivity contribution in [2.24, 2.45) is 0 Å². The first-order valence-electron chi connectivity index (χ1n) is 10.6. The van der Waals surface area contributed by atoms with E-state index in [-0.39, 0.29) is 11.9 Å². The molecule has 2 aromatic heterocycles. The van der Waals surface area contributed by atoms with Crippen molar-refractivity contribution in [2.45, 2.75) is 13.0 Å². The van der Waals surface area contributed by atoms with Gasteiger partial charge in [0.25, 0.3) is 5.91 Å². The molecule has 0 bridgehead atoms. The van der Waals surface area contributed by atoms with E-state index < -0.39 is 0 Å². The van der Waals surface area contributed by atoms with Crippen LogP contribution in [0.5, 0.6) is 5.75 Å². The molecule has 1 unspecified atom stereocenters. The quantitative estimate of drug-likeness (QED) is 0.471. The Hall–Kier alpha value is -3.65. The summed E-state index contributed by atoms with van der Waals surface area (Å²) < 4.78 is 16.7. The smallest absolute Gasteiger partial charge is 0.289 e. The Labute approximate surface area is 185 Å². The molecule has 1 atom stereocenters. The van der Waals surface area contributed by atoms with E-state index in [0.717, 1.165) is 10.9 Å². The highest BCUT2D eigenvalue weighted by atomic mass is 16.5. The lowest BCUT2D eigenvalue weighted by atomic mass is 10.2. The summed E-state index contributed by atoms with van der Waals surface area (Å²) in [6.45, 7) is 4.65. The molecule has 3 heterocycles. The number of carbonyl (C=O) groups is 1. The van der Waals surface area contributed by atoms with Crippen molar-refractivity contribution in [1.82, 2.24) is 19.9 Å². The van der Waals surface area contributed by atoms with E-state index in [1.807, 2.05) is 60.4 Å². The second-order valence-electron chi connectivity index (χ2n) is 7.82. The van der Waals surface area contributed by atoms with Crippen molar-refractivity contribution in [3.8, 4) is 17.1 Å². The van der Waals surface area contributed by atoms with Crippen LogP contribution >= 0.6 is 0 Å². The molecule has 2 aromatic carbocycles. The van der Waals surface area contributed by atoms with Crippen molar-refractivity contribution in [2.75, 3.05) is 33.3 Å². The zero-order valence-corrected chi connectivity index (χ0v) is 18.0. The number of hydrogen-bond donors (Lipinski definition) is 0. The van der Waals surface area contributed by atoms with E-state index in [2.05, 4.69) is 15.0 Å². The average Bonchev–Trinajstić information content (AvgIpc) is 3.51. The molecule has 0 aliphatic carbocycles. The third-order valence-corrected chi connectivity index (χ3v) is 5.92. The Bertz CT molecular complexity index is 1230. The predicted molar refractivity (Wildman–Crippen MR) is 118 cm³/mol. The Kier molecular flexibility index (Phi) is 5.36. The van der Waals surface area contributed by atoms with Crippen LogP contribution in [-0.4, -0.2) is 59.1 Å². The van der Waals surface area contributed by atoms with Gasteiger partial charge in [-0.1, -0.05) is 47.6 Å². The van der Waals surface area contributed by atoms with Crippen LogP contribution in [0.1, 0.15) is 29.4 Å². The van der Waals surface area contributed by atoms with Crippen molar-refractivity contribution in [1.29, 1.82) is 0 Å². The van der Waals surface area contributed by atoms with Gasteiger partial charge < -0.3 is 18.6 Å². The van der Waals surface area contributed by atoms with Crippen LogP contribution in [0.3, 0.4) is 0 Å². The van der Waals surface area contributed by atoms with Gasteiger partial charge in [0.05, 0.1) is 13.2 Å². The van der Waals surface area contributed by atoms with E-state index in [1.54, 1.807) is 13.2 Å². The number of amides is 1. The molecule has 164 valence electrons. The molecule has 1 saturated heterocycles. The molecule has 1 aliphatic heterocycles. The fraction of sp³-hybridized carbons (Fsp3) is 0.292. The van der Waals surface area contributed by atoms with Gasteiger partial charge in [-0.15, -0.1) is 0 Å². The highest BCUT2D eigenvalue weighted by Gasteiger charge is 2.29. The summed E-state index contributed by atoms with van der Waals surface area (Å²) in [7, 11) is 1.59. The van der Waals surface area contributed by atoms with Gasteiger partial charge in [0.2, 0.25) is 11.7 Å². The molecule has 1 fully saturated rings. The number of ether oxygens (including phenoxy) is 1. The molecule has 1 aliphatic rings. The van der Waals surface area contributed by atoms with Crippen molar-refractivity contribution >= 4 is 16.9 Å². The third-order valence-electron chi connectivity index (χ3n) is 5.92. The maximum absolute atomic E-state index is 13.0. The lowest BCUT2D eigenvalue weighted by Crippen LogP contribution is -2.49. The zero-order valence-electron chi connectivity index (χ0n) is 18.0. The van der Waals surface area contributed by atoms with Gasteiger partial charge in [0.1, 0.15) is 0 Å². The number of piperazine rings is 1. The van der Waals surface area contributed by atoms with Crippen LogP contribution in [0.4, 0.5) is 0 Å². The monoisotopic (exact) mass is 432 g/mol. The normalized spacial score (nSPS) is 15.8. The van der Waals surface area contributed by atoms with Crippen LogP contribution in [0.25, 0.3) is 22.4 Å². The molecular weight excluding hydrogens is 408 g/mol. The van der Waals surface area contributed by atoms with E-state index >= 15 is 0 Å². The fourth-order valence-corrected chi connectivity index (χ4v) is 4.04. The molecule has 5 rings (SSSR count). The average molecular weight is 432 g/mol. The van der Waals surface area contributed by atoms with E-state index in [0.29, 0.717) is 55.0 Å². The number of nitrogens with zero attached hydrogens (tertiary/aromatic N) is 4. The minimum Gasteiger partial charge on any atom is -0.493 e. The molecule has 8 nitrogen and oxygen atoms in total. The maximum Gasteiger partial charge on any atom is 0.289 e. The molecule has 4 aromatic rings. The highest BCUT2D eigenvalue weighted by Crippen LogP contribution is 2.29. The van der Waals surface area contributed by atoms with Crippen LogP contribution in [0.15, 0.2) is 63.5 Å². The van der Waals surface area contributed by atoms with Crippen molar-refractivity contribution < 1.29 is 18.5 Å².